The molecule has 0 saturated carbocycles. The summed E-state index contributed by atoms with van der Waals surface area (Å²) < 4.78 is 11.1. The van der Waals surface area contributed by atoms with Gasteiger partial charge in [0.15, 0.2) is 0 Å². The summed E-state index contributed by atoms with van der Waals surface area (Å²) in [6.07, 6.45) is -0.215. The Morgan fingerprint density at radius 1 is 1.24 bits per heavy atom. The molecule has 110 valence electrons. The molecule has 0 aromatic heterocycles. The third kappa shape index (κ3) is 2.95. The standard InChI is InChI=1S/C17H19NO3/c1-20-14-7-8-16-17(9-14)21-15(12-19)11-18(16)10-13-5-3-2-4-6-13/h2-9,15,19H,10-12H2,1H3/t15-/m1/s1. The lowest BCUT2D eigenvalue weighted by Gasteiger charge is -2.35. The highest BCUT2D eigenvalue weighted by atomic mass is 16.5. The molecule has 0 amide bonds. The minimum atomic E-state index is -0.215. The summed E-state index contributed by atoms with van der Waals surface area (Å²) in [5.41, 5.74) is 2.27. The Morgan fingerprint density at radius 2 is 2.05 bits per heavy atom. The van der Waals surface area contributed by atoms with Crippen LogP contribution >= 0.6 is 0 Å². The van der Waals surface area contributed by atoms with Crippen LogP contribution in [0.1, 0.15) is 5.56 Å². The summed E-state index contributed by atoms with van der Waals surface area (Å²) in [5.74, 6) is 1.52. The van der Waals surface area contributed by atoms with Gasteiger partial charge in [0, 0.05) is 12.6 Å². The molecule has 0 saturated heterocycles. The number of fused-ring (bicyclic) bond motifs is 1. The lowest BCUT2D eigenvalue weighted by molar-refractivity contribution is 0.111. The van der Waals surface area contributed by atoms with Crippen LogP contribution in [0.2, 0.25) is 0 Å². The first-order chi connectivity index (χ1) is 10.3. The molecule has 1 aliphatic rings. The van der Waals surface area contributed by atoms with E-state index in [0.717, 1.165) is 23.7 Å². The number of hydrogen-bond acceptors (Lipinski definition) is 4. The second-order valence-electron chi connectivity index (χ2n) is 5.12. The predicted molar refractivity (Wildman–Crippen MR) is 82.0 cm³/mol. The minimum absolute atomic E-state index is 0.00192. The fourth-order valence-corrected chi connectivity index (χ4v) is 2.59. The molecule has 4 nitrogen and oxygen atoms in total. The maximum atomic E-state index is 9.44. The summed E-state index contributed by atoms with van der Waals surface area (Å²) in [6.45, 7) is 1.46. The molecule has 1 N–H and O–H groups in total. The number of anilines is 1. The second-order valence-corrected chi connectivity index (χ2v) is 5.12. The smallest absolute Gasteiger partial charge is 0.146 e. The summed E-state index contributed by atoms with van der Waals surface area (Å²) in [7, 11) is 1.63. The Morgan fingerprint density at radius 3 is 2.76 bits per heavy atom. The van der Waals surface area contributed by atoms with Crippen LogP contribution in [0, 0.1) is 0 Å². The van der Waals surface area contributed by atoms with Crippen LogP contribution in [0.25, 0.3) is 0 Å². The zero-order chi connectivity index (χ0) is 14.7. The van der Waals surface area contributed by atoms with Gasteiger partial charge in [-0.25, -0.2) is 0 Å². The summed E-state index contributed by atoms with van der Waals surface area (Å²) in [4.78, 5) is 2.23. The largest absolute Gasteiger partial charge is 0.497 e. The molecule has 0 spiro atoms. The molecule has 0 bridgehead atoms. The molecule has 2 aromatic rings. The lowest BCUT2D eigenvalue weighted by Crippen LogP contribution is -2.41. The van der Waals surface area contributed by atoms with Crippen LogP contribution in [-0.2, 0) is 6.54 Å². The van der Waals surface area contributed by atoms with Crippen molar-refractivity contribution in [3.05, 3.63) is 54.1 Å². The van der Waals surface area contributed by atoms with Crippen LogP contribution in [0.15, 0.2) is 48.5 Å². The quantitative estimate of drug-likeness (QED) is 0.937. The summed E-state index contributed by atoms with van der Waals surface area (Å²) in [5, 5.41) is 9.44. The Hall–Kier alpha value is -2.20. The zero-order valence-corrected chi connectivity index (χ0v) is 12.0. The average molecular weight is 285 g/mol. The number of aliphatic hydroxyl groups is 1. The normalized spacial score (nSPS) is 17.0. The van der Waals surface area contributed by atoms with Crippen molar-refractivity contribution in [2.45, 2.75) is 12.6 Å². The van der Waals surface area contributed by atoms with Crippen LogP contribution in [-0.4, -0.2) is 31.5 Å². The number of ether oxygens (including phenoxy) is 2. The highest BCUT2D eigenvalue weighted by Crippen LogP contribution is 2.37. The Labute approximate surface area is 124 Å². The zero-order valence-electron chi connectivity index (χ0n) is 12.0. The number of aliphatic hydroxyl groups excluding tert-OH is 1. The molecule has 2 aromatic carbocycles. The van der Waals surface area contributed by atoms with Gasteiger partial charge >= 0.3 is 0 Å². The van der Waals surface area contributed by atoms with Gasteiger partial charge in [-0.1, -0.05) is 30.3 Å². The van der Waals surface area contributed by atoms with E-state index in [2.05, 4.69) is 17.0 Å². The fraction of sp³-hybridized carbons (Fsp3) is 0.294. The van der Waals surface area contributed by atoms with Gasteiger partial charge in [0.2, 0.25) is 0 Å². The monoisotopic (exact) mass is 285 g/mol. The predicted octanol–water partition coefficient (Wildman–Crippen LogP) is 2.46. The van der Waals surface area contributed by atoms with E-state index in [-0.39, 0.29) is 12.7 Å². The Balaban J connectivity index is 1.90. The highest BCUT2D eigenvalue weighted by molar-refractivity contribution is 5.62. The highest BCUT2D eigenvalue weighted by Gasteiger charge is 2.25. The van der Waals surface area contributed by atoms with E-state index in [1.54, 1.807) is 7.11 Å². The first-order valence-corrected chi connectivity index (χ1v) is 7.04. The molecule has 0 unspecified atom stereocenters. The minimum Gasteiger partial charge on any atom is -0.497 e. The van der Waals surface area contributed by atoms with E-state index in [0.29, 0.717) is 6.54 Å². The van der Waals surface area contributed by atoms with Gasteiger partial charge in [-0.15, -0.1) is 0 Å². The molecule has 0 radical (unpaired) electrons. The molecule has 1 heterocycles. The summed E-state index contributed by atoms with van der Waals surface area (Å²) >= 11 is 0. The van der Waals surface area contributed by atoms with E-state index >= 15 is 0 Å². The second kappa shape index (κ2) is 6.06. The van der Waals surface area contributed by atoms with Gasteiger partial charge < -0.3 is 19.5 Å². The fourth-order valence-electron chi connectivity index (χ4n) is 2.59. The van der Waals surface area contributed by atoms with Crippen molar-refractivity contribution >= 4 is 5.69 Å². The van der Waals surface area contributed by atoms with Gasteiger partial charge in [0.05, 0.1) is 25.9 Å². The van der Waals surface area contributed by atoms with E-state index < -0.39 is 0 Å². The molecular weight excluding hydrogens is 266 g/mol. The number of hydrogen-bond donors (Lipinski definition) is 1. The van der Waals surface area contributed by atoms with Crippen molar-refractivity contribution in [3.8, 4) is 11.5 Å². The first-order valence-electron chi connectivity index (χ1n) is 7.04. The Bertz CT molecular complexity index is 600. The third-order valence-corrected chi connectivity index (χ3v) is 3.65. The van der Waals surface area contributed by atoms with Gasteiger partial charge in [0.25, 0.3) is 0 Å². The van der Waals surface area contributed by atoms with E-state index in [1.165, 1.54) is 5.56 Å². The molecule has 4 heteroatoms. The van der Waals surface area contributed by atoms with E-state index in [9.17, 15) is 5.11 Å². The van der Waals surface area contributed by atoms with Crippen LogP contribution in [0.5, 0.6) is 11.5 Å². The average Bonchev–Trinajstić information content (AvgIpc) is 2.55. The Kier molecular flexibility index (Phi) is 3.97. The summed E-state index contributed by atoms with van der Waals surface area (Å²) in [6, 6.07) is 16.1. The SMILES string of the molecule is COc1ccc2c(c1)O[C@@H](CO)CN2Cc1ccccc1. The van der Waals surface area contributed by atoms with Crippen molar-refractivity contribution in [1.29, 1.82) is 0 Å². The van der Waals surface area contributed by atoms with Crippen LogP contribution in [0.3, 0.4) is 0 Å². The van der Waals surface area contributed by atoms with E-state index in [4.69, 9.17) is 9.47 Å². The molecule has 1 aliphatic heterocycles. The number of methoxy groups -OCH3 is 1. The maximum absolute atomic E-state index is 9.44. The number of benzene rings is 2. The van der Waals surface area contributed by atoms with Crippen molar-refractivity contribution in [3.63, 3.8) is 0 Å². The maximum Gasteiger partial charge on any atom is 0.146 e. The molecule has 0 fully saturated rings. The third-order valence-electron chi connectivity index (χ3n) is 3.65. The number of nitrogens with zero attached hydrogens (tertiary/aromatic N) is 1. The van der Waals surface area contributed by atoms with Crippen molar-refractivity contribution in [2.24, 2.45) is 0 Å². The molecule has 21 heavy (non-hydrogen) atoms. The van der Waals surface area contributed by atoms with Crippen LogP contribution < -0.4 is 14.4 Å². The van der Waals surface area contributed by atoms with Gasteiger partial charge in [-0.2, -0.15) is 0 Å². The molecular formula is C17H19NO3. The molecule has 3 rings (SSSR count). The van der Waals surface area contributed by atoms with Crippen molar-refractivity contribution < 1.29 is 14.6 Å². The topological polar surface area (TPSA) is 41.9 Å². The first kappa shape index (κ1) is 13.8. The van der Waals surface area contributed by atoms with Crippen molar-refractivity contribution in [1.82, 2.24) is 0 Å². The van der Waals surface area contributed by atoms with Gasteiger partial charge in [0.1, 0.15) is 17.6 Å². The molecule has 0 aliphatic carbocycles. The van der Waals surface area contributed by atoms with E-state index in [1.807, 2.05) is 36.4 Å². The lowest BCUT2D eigenvalue weighted by atomic mass is 10.1. The molecule has 1 atom stereocenters. The van der Waals surface area contributed by atoms with Crippen molar-refractivity contribution in [2.75, 3.05) is 25.2 Å². The number of rotatable bonds is 4. The van der Waals surface area contributed by atoms with Crippen LogP contribution in [0.4, 0.5) is 5.69 Å². The van der Waals surface area contributed by atoms with Gasteiger partial charge in [-0.3, -0.25) is 0 Å². The van der Waals surface area contributed by atoms with Gasteiger partial charge in [-0.05, 0) is 17.7 Å².